The number of carbonyl (C=O) groups excluding carboxylic acids is 2. The second kappa shape index (κ2) is 5.50. The van der Waals surface area contributed by atoms with Gasteiger partial charge in [0.25, 0.3) is 0 Å². The van der Waals surface area contributed by atoms with E-state index in [2.05, 4.69) is 0 Å². The van der Waals surface area contributed by atoms with E-state index in [1.165, 1.54) is 0 Å². The van der Waals surface area contributed by atoms with Gasteiger partial charge in [-0.3, -0.25) is 4.90 Å². The topological polar surface area (TPSA) is 81.9 Å². The van der Waals surface area contributed by atoms with Crippen molar-refractivity contribution in [2.75, 3.05) is 0 Å². The SMILES string of the molecule is CC(C)(C)N(C(=O)OC1CC(OC(N)=O)C1)C(C)(C)C. The molecule has 1 fully saturated rings. The molecule has 0 bridgehead atoms. The van der Waals surface area contributed by atoms with Crippen molar-refractivity contribution in [3.8, 4) is 0 Å². The second-order valence-electron chi connectivity index (χ2n) is 7.21. The predicted molar refractivity (Wildman–Crippen MR) is 75.3 cm³/mol. The molecule has 0 atom stereocenters. The molecule has 0 saturated heterocycles. The molecule has 0 unspecified atom stereocenters. The molecule has 2 amide bonds. The van der Waals surface area contributed by atoms with Gasteiger partial charge in [-0.1, -0.05) is 0 Å². The minimum absolute atomic E-state index is 0.209. The molecule has 0 aliphatic heterocycles. The third-order valence-electron chi connectivity index (χ3n) is 3.13. The van der Waals surface area contributed by atoms with Crippen molar-refractivity contribution >= 4 is 12.2 Å². The molecule has 0 aromatic carbocycles. The number of nitrogens with zero attached hydrogens (tertiary/aromatic N) is 1. The summed E-state index contributed by atoms with van der Waals surface area (Å²) in [5.74, 6) is 0. The van der Waals surface area contributed by atoms with Crippen LogP contribution in [0.15, 0.2) is 0 Å². The predicted octanol–water partition coefficient (Wildman–Crippen LogP) is 2.65. The Labute approximate surface area is 120 Å². The highest BCUT2D eigenvalue weighted by Gasteiger charge is 2.41. The molecular formula is C14H26N2O4. The highest BCUT2D eigenvalue weighted by molar-refractivity contribution is 5.70. The number of primary amides is 1. The van der Waals surface area contributed by atoms with Gasteiger partial charge >= 0.3 is 12.2 Å². The number of amides is 2. The standard InChI is InChI=1S/C14H26N2O4/c1-13(2,3)16(14(4,5)6)12(18)20-10-7-9(8-10)19-11(15)17/h9-10H,7-8H2,1-6H3,(H2,15,17). The number of hydrogen-bond acceptors (Lipinski definition) is 4. The molecule has 0 aromatic heterocycles. The molecule has 20 heavy (non-hydrogen) atoms. The van der Waals surface area contributed by atoms with Gasteiger partial charge in [0.05, 0.1) is 0 Å². The summed E-state index contributed by atoms with van der Waals surface area (Å²) < 4.78 is 10.3. The van der Waals surface area contributed by atoms with E-state index in [1.54, 1.807) is 4.90 Å². The van der Waals surface area contributed by atoms with Crippen LogP contribution in [-0.4, -0.2) is 40.4 Å². The van der Waals surface area contributed by atoms with Gasteiger partial charge in [0, 0.05) is 23.9 Å². The van der Waals surface area contributed by atoms with E-state index in [9.17, 15) is 9.59 Å². The third kappa shape index (κ3) is 4.28. The van der Waals surface area contributed by atoms with Crippen LogP contribution in [0.1, 0.15) is 54.4 Å². The van der Waals surface area contributed by atoms with Gasteiger partial charge in [-0.2, -0.15) is 0 Å². The Morgan fingerprint density at radius 2 is 1.35 bits per heavy atom. The summed E-state index contributed by atoms with van der Waals surface area (Å²) in [7, 11) is 0. The molecule has 2 N–H and O–H groups in total. The lowest BCUT2D eigenvalue weighted by molar-refractivity contribution is -0.0650. The maximum absolute atomic E-state index is 12.3. The van der Waals surface area contributed by atoms with E-state index in [1.807, 2.05) is 41.5 Å². The van der Waals surface area contributed by atoms with Gasteiger partial charge < -0.3 is 15.2 Å². The van der Waals surface area contributed by atoms with Gasteiger partial charge in [0.2, 0.25) is 0 Å². The van der Waals surface area contributed by atoms with Crippen LogP contribution in [0.2, 0.25) is 0 Å². The Kier molecular flexibility index (Phi) is 4.56. The minimum atomic E-state index is -0.786. The fourth-order valence-electron chi connectivity index (χ4n) is 2.62. The molecule has 0 spiro atoms. The molecule has 0 heterocycles. The largest absolute Gasteiger partial charge is 0.446 e. The third-order valence-corrected chi connectivity index (χ3v) is 3.13. The molecule has 6 nitrogen and oxygen atoms in total. The van der Waals surface area contributed by atoms with Gasteiger partial charge in [-0.15, -0.1) is 0 Å². The van der Waals surface area contributed by atoms with E-state index in [4.69, 9.17) is 15.2 Å². The summed E-state index contributed by atoms with van der Waals surface area (Å²) >= 11 is 0. The van der Waals surface area contributed by atoms with E-state index >= 15 is 0 Å². The fraction of sp³-hybridized carbons (Fsp3) is 0.857. The maximum atomic E-state index is 12.3. The van der Waals surface area contributed by atoms with Crippen molar-refractivity contribution in [2.45, 2.75) is 77.7 Å². The summed E-state index contributed by atoms with van der Waals surface area (Å²) in [5, 5.41) is 0. The minimum Gasteiger partial charge on any atom is -0.446 e. The zero-order chi connectivity index (χ0) is 15.7. The fourth-order valence-corrected chi connectivity index (χ4v) is 2.62. The van der Waals surface area contributed by atoms with Gasteiger partial charge in [0.15, 0.2) is 0 Å². The zero-order valence-electron chi connectivity index (χ0n) is 13.2. The number of rotatable bonds is 2. The van der Waals surface area contributed by atoms with Crippen molar-refractivity contribution < 1.29 is 19.1 Å². The van der Waals surface area contributed by atoms with Crippen molar-refractivity contribution in [3.05, 3.63) is 0 Å². The molecule has 1 saturated carbocycles. The molecule has 0 radical (unpaired) electrons. The average molecular weight is 286 g/mol. The van der Waals surface area contributed by atoms with Crippen LogP contribution < -0.4 is 5.73 Å². The van der Waals surface area contributed by atoms with Crippen LogP contribution in [0.25, 0.3) is 0 Å². The maximum Gasteiger partial charge on any atom is 0.410 e. The lowest BCUT2D eigenvalue weighted by Crippen LogP contribution is -2.57. The van der Waals surface area contributed by atoms with Crippen molar-refractivity contribution in [1.29, 1.82) is 0 Å². The van der Waals surface area contributed by atoms with Crippen LogP contribution in [0, 0.1) is 0 Å². The van der Waals surface area contributed by atoms with Gasteiger partial charge in [0.1, 0.15) is 12.2 Å². The van der Waals surface area contributed by atoms with Gasteiger partial charge in [-0.05, 0) is 41.5 Å². The highest BCUT2D eigenvalue weighted by Crippen LogP contribution is 2.30. The molecular weight excluding hydrogens is 260 g/mol. The zero-order valence-corrected chi connectivity index (χ0v) is 13.2. The van der Waals surface area contributed by atoms with Crippen LogP contribution >= 0.6 is 0 Å². The second-order valence-corrected chi connectivity index (χ2v) is 7.21. The first kappa shape index (κ1) is 16.6. The normalized spacial score (nSPS) is 22.7. The summed E-state index contributed by atoms with van der Waals surface area (Å²) in [6, 6.07) is 0. The molecule has 1 aliphatic carbocycles. The van der Waals surface area contributed by atoms with Crippen molar-refractivity contribution in [2.24, 2.45) is 5.73 Å². The number of nitrogens with two attached hydrogens (primary N) is 1. The quantitative estimate of drug-likeness (QED) is 0.846. The molecule has 0 aromatic rings. The smallest absolute Gasteiger partial charge is 0.410 e. The number of carbonyl (C=O) groups is 2. The Bertz CT molecular complexity index is 362. The Morgan fingerprint density at radius 1 is 0.950 bits per heavy atom. The summed E-state index contributed by atoms with van der Waals surface area (Å²) in [6.45, 7) is 11.8. The number of hydrogen-bond donors (Lipinski definition) is 1. The Balaban J connectivity index is 2.56. The number of ether oxygens (including phenoxy) is 2. The van der Waals surface area contributed by atoms with Crippen molar-refractivity contribution in [3.63, 3.8) is 0 Å². The summed E-state index contributed by atoms with van der Waals surface area (Å²) in [4.78, 5) is 24.7. The van der Waals surface area contributed by atoms with E-state index in [0.29, 0.717) is 12.8 Å². The Morgan fingerprint density at radius 3 is 1.70 bits per heavy atom. The molecule has 1 rings (SSSR count). The lowest BCUT2D eigenvalue weighted by Gasteiger charge is -2.45. The van der Waals surface area contributed by atoms with Crippen LogP contribution in [0.3, 0.4) is 0 Å². The average Bonchev–Trinajstić information content (AvgIpc) is 2.07. The van der Waals surface area contributed by atoms with Crippen LogP contribution in [0.5, 0.6) is 0 Å². The first-order chi connectivity index (χ1) is 8.91. The Hall–Kier alpha value is -1.46. The first-order valence-electron chi connectivity index (χ1n) is 6.88. The first-order valence-corrected chi connectivity index (χ1v) is 6.88. The lowest BCUT2D eigenvalue weighted by atomic mass is 9.92. The molecule has 6 heteroatoms. The van der Waals surface area contributed by atoms with E-state index < -0.39 is 6.09 Å². The summed E-state index contributed by atoms with van der Waals surface area (Å²) in [6.07, 6.45) is -0.548. The monoisotopic (exact) mass is 286 g/mol. The molecule has 1 aliphatic rings. The van der Waals surface area contributed by atoms with Gasteiger partial charge in [-0.25, -0.2) is 9.59 Å². The summed E-state index contributed by atoms with van der Waals surface area (Å²) in [5.41, 5.74) is 4.27. The van der Waals surface area contributed by atoms with E-state index in [-0.39, 0.29) is 29.4 Å². The van der Waals surface area contributed by atoms with Crippen LogP contribution in [0.4, 0.5) is 9.59 Å². The highest BCUT2D eigenvalue weighted by atomic mass is 16.6. The molecule has 116 valence electrons. The van der Waals surface area contributed by atoms with Crippen molar-refractivity contribution in [1.82, 2.24) is 4.90 Å². The van der Waals surface area contributed by atoms with Crippen LogP contribution in [-0.2, 0) is 9.47 Å². The van der Waals surface area contributed by atoms with E-state index in [0.717, 1.165) is 0 Å².